The molecule has 0 bridgehead atoms. The minimum Gasteiger partial charge on any atom is -0.444 e. The molecule has 3 N–H and O–H groups in total. The summed E-state index contributed by atoms with van der Waals surface area (Å²) in [5.74, 6) is -2.10. The van der Waals surface area contributed by atoms with E-state index in [0.717, 1.165) is 30.6 Å². The number of carbonyl (C=O) groups excluding carboxylic acids is 5. The first-order valence-corrected chi connectivity index (χ1v) is 16.4. The molecule has 3 heterocycles. The zero-order valence-electron chi connectivity index (χ0n) is 25.7. The van der Waals surface area contributed by atoms with E-state index in [1.807, 2.05) is 36.4 Å². The first kappa shape index (κ1) is 32.0. The van der Waals surface area contributed by atoms with Gasteiger partial charge < -0.3 is 15.4 Å². The van der Waals surface area contributed by atoms with Crippen LogP contribution in [0.5, 0.6) is 0 Å². The van der Waals surface area contributed by atoms with E-state index in [1.165, 1.54) is 0 Å². The number of nitrogens with one attached hydrogen (secondary N) is 3. The lowest BCUT2D eigenvalue weighted by molar-refractivity contribution is -0.136. The molecule has 3 fully saturated rings. The van der Waals surface area contributed by atoms with E-state index in [0.29, 0.717) is 31.6 Å². The molecule has 2 atom stereocenters. The second kappa shape index (κ2) is 12.9. The fourth-order valence-electron chi connectivity index (χ4n) is 6.38. The third-order valence-electron chi connectivity index (χ3n) is 8.68. The summed E-state index contributed by atoms with van der Waals surface area (Å²) in [4.78, 5) is 63.7. The van der Waals surface area contributed by atoms with Crippen LogP contribution in [0.15, 0.2) is 18.2 Å². The van der Waals surface area contributed by atoms with Crippen LogP contribution < -0.4 is 16.0 Å². The standard InChI is InChI=1S/C30H42N6O7S/c1-30(2,3)43-29(41)32-19-14-16-35(17-15-19)44(42)34(4)20-10-8-18(9-11-20)31-22-7-5-6-21-25(22)28(40)36(27(21)39)23-12-13-24(37)33-26(23)38/h5-7,18-20,23,31H,8-17H2,1-4H3,(H,32,41)(H,33,37,38). The van der Waals surface area contributed by atoms with E-state index >= 15 is 0 Å². The topological polar surface area (TPSA) is 157 Å². The molecule has 44 heavy (non-hydrogen) atoms. The van der Waals surface area contributed by atoms with Gasteiger partial charge in [-0.3, -0.25) is 29.4 Å². The van der Waals surface area contributed by atoms with Crippen LogP contribution in [0.25, 0.3) is 0 Å². The van der Waals surface area contributed by atoms with Gasteiger partial charge in [0.05, 0.1) is 11.1 Å². The number of piperidine rings is 2. The van der Waals surface area contributed by atoms with Crippen LogP contribution in [-0.2, 0) is 25.5 Å². The number of anilines is 1. The molecule has 4 aliphatic rings. The number of carbonyl (C=O) groups is 5. The van der Waals surface area contributed by atoms with Gasteiger partial charge in [0.15, 0.2) is 11.2 Å². The van der Waals surface area contributed by atoms with E-state index in [9.17, 15) is 28.2 Å². The lowest BCUT2D eigenvalue weighted by Crippen LogP contribution is -2.54. The molecule has 14 heteroatoms. The minimum atomic E-state index is -1.30. The highest BCUT2D eigenvalue weighted by molar-refractivity contribution is 7.80. The van der Waals surface area contributed by atoms with Crippen molar-refractivity contribution in [2.24, 2.45) is 0 Å². The van der Waals surface area contributed by atoms with E-state index in [1.54, 1.807) is 18.2 Å². The van der Waals surface area contributed by atoms with Crippen LogP contribution in [0, 0.1) is 0 Å². The largest absolute Gasteiger partial charge is 0.444 e. The molecule has 5 rings (SSSR count). The molecule has 2 unspecified atom stereocenters. The van der Waals surface area contributed by atoms with E-state index in [2.05, 4.69) is 16.0 Å². The van der Waals surface area contributed by atoms with Gasteiger partial charge in [0.2, 0.25) is 11.8 Å². The third kappa shape index (κ3) is 6.97. The van der Waals surface area contributed by atoms with Crippen molar-refractivity contribution in [2.45, 2.75) is 102 Å². The van der Waals surface area contributed by atoms with Crippen molar-refractivity contribution in [3.8, 4) is 0 Å². The minimum absolute atomic E-state index is 0.0115. The Hall–Kier alpha value is -3.36. The van der Waals surface area contributed by atoms with Crippen molar-refractivity contribution < 1.29 is 32.9 Å². The Balaban J connectivity index is 1.12. The Morgan fingerprint density at radius 3 is 2.30 bits per heavy atom. The summed E-state index contributed by atoms with van der Waals surface area (Å²) in [7, 11) is 1.89. The molecule has 0 spiro atoms. The van der Waals surface area contributed by atoms with Crippen molar-refractivity contribution in [1.29, 1.82) is 0 Å². The molecule has 0 radical (unpaired) electrons. The van der Waals surface area contributed by atoms with E-state index in [4.69, 9.17) is 4.74 Å². The van der Waals surface area contributed by atoms with Gasteiger partial charge in [0.1, 0.15) is 11.6 Å². The van der Waals surface area contributed by atoms with E-state index < -0.39 is 52.5 Å². The number of fused-ring (bicyclic) bond motifs is 1. The Kier molecular flexibility index (Phi) is 9.42. The number of imide groups is 2. The highest BCUT2D eigenvalue weighted by Crippen LogP contribution is 2.34. The van der Waals surface area contributed by atoms with Crippen LogP contribution in [0.2, 0.25) is 0 Å². The van der Waals surface area contributed by atoms with Crippen molar-refractivity contribution in [3.63, 3.8) is 0 Å². The van der Waals surface area contributed by atoms with Gasteiger partial charge >= 0.3 is 6.09 Å². The zero-order chi connectivity index (χ0) is 31.8. The first-order chi connectivity index (χ1) is 20.8. The van der Waals surface area contributed by atoms with Crippen LogP contribution >= 0.6 is 0 Å². The normalized spacial score (nSPS) is 25.9. The molecule has 3 aliphatic heterocycles. The number of hydrogen-bond acceptors (Lipinski definition) is 8. The van der Waals surface area contributed by atoms with Crippen LogP contribution in [-0.4, -0.2) is 97.3 Å². The Labute approximate surface area is 260 Å². The fourth-order valence-corrected chi connectivity index (χ4v) is 7.73. The molecule has 5 amide bonds. The maximum atomic E-state index is 13.4. The Bertz CT molecular complexity index is 1350. The van der Waals surface area contributed by atoms with Gasteiger partial charge in [-0.05, 0) is 77.8 Å². The number of hydrogen-bond donors (Lipinski definition) is 3. The summed E-state index contributed by atoms with van der Waals surface area (Å²) in [6.45, 7) is 6.69. The van der Waals surface area contributed by atoms with E-state index in [-0.39, 0.29) is 42.1 Å². The highest BCUT2D eigenvalue weighted by atomic mass is 32.2. The van der Waals surface area contributed by atoms with Gasteiger partial charge in [-0.15, -0.1) is 0 Å². The van der Waals surface area contributed by atoms with Gasteiger partial charge in [0, 0.05) is 50.4 Å². The van der Waals surface area contributed by atoms with Crippen LogP contribution in [0.1, 0.15) is 92.9 Å². The zero-order valence-corrected chi connectivity index (χ0v) is 26.5. The average Bonchev–Trinajstić information content (AvgIpc) is 3.22. The number of rotatable bonds is 7. The number of ether oxygens (including phenoxy) is 1. The molecule has 2 saturated heterocycles. The third-order valence-corrected chi connectivity index (χ3v) is 10.3. The molecule has 13 nitrogen and oxygen atoms in total. The Morgan fingerprint density at radius 1 is 0.977 bits per heavy atom. The SMILES string of the molecule is CN(C1CCC(Nc2cccc3c2C(=O)N(C2CCC(=O)NC2=O)C3=O)CC1)S(=O)N1CCC(NC(=O)OC(C)(C)C)CC1. The molecule has 1 aliphatic carbocycles. The molecular weight excluding hydrogens is 588 g/mol. The van der Waals surface area contributed by atoms with Crippen molar-refractivity contribution in [3.05, 3.63) is 29.3 Å². The second-order valence-electron chi connectivity index (χ2n) is 13.0. The lowest BCUT2D eigenvalue weighted by atomic mass is 9.91. The van der Waals surface area contributed by atoms with Gasteiger partial charge in [-0.25, -0.2) is 17.6 Å². The summed E-state index contributed by atoms with van der Waals surface area (Å²) >= 11 is -1.30. The monoisotopic (exact) mass is 630 g/mol. The van der Waals surface area contributed by atoms with Crippen molar-refractivity contribution in [2.75, 3.05) is 25.5 Å². The maximum absolute atomic E-state index is 13.4. The predicted molar refractivity (Wildman–Crippen MR) is 163 cm³/mol. The van der Waals surface area contributed by atoms with Gasteiger partial charge in [0.25, 0.3) is 11.8 Å². The summed E-state index contributed by atoms with van der Waals surface area (Å²) in [5, 5.41) is 8.60. The maximum Gasteiger partial charge on any atom is 0.407 e. The molecule has 1 aromatic rings. The summed E-state index contributed by atoms with van der Waals surface area (Å²) in [6.07, 6.45) is 4.33. The first-order valence-electron chi connectivity index (χ1n) is 15.3. The van der Waals surface area contributed by atoms with Crippen molar-refractivity contribution >= 4 is 46.6 Å². The quantitative estimate of drug-likeness (QED) is 0.388. The molecule has 240 valence electrons. The summed E-state index contributed by atoms with van der Waals surface area (Å²) < 4.78 is 22.6. The van der Waals surface area contributed by atoms with Crippen LogP contribution in [0.4, 0.5) is 10.5 Å². The fraction of sp³-hybridized carbons (Fsp3) is 0.633. The smallest absolute Gasteiger partial charge is 0.407 e. The lowest BCUT2D eigenvalue weighted by Gasteiger charge is -2.38. The van der Waals surface area contributed by atoms with Crippen molar-refractivity contribution in [1.82, 2.24) is 24.1 Å². The van der Waals surface area contributed by atoms with Gasteiger partial charge in [-0.2, -0.15) is 0 Å². The predicted octanol–water partition coefficient (Wildman–Crippen LogP) is 2.31. The molecular formula is C30H42N6O7S. The number of amides is 5. The average molecular weight is 631 g/mol. The summed E-state index contributed by atoms with van der Waals surface area (Å²) in [5.41, 5.74) is 0.504. The number of benzene rings is 1. The summed E-state index contributed by atoms with van der Waals surface area (Å²) in [6, 6.07) is 4.24. The molecule has 1 saturated carbocycles. The van der Waals surface area contributed by atoms with Crippen LogP contribution in [0.3, 0.4) is 0 Å². The second-order valence-corrected chi connectivity index (χ2v) is 14.5. The highest BCUT2D eigenvalue weighted by Gasteiger charge is 2.46. The van der Waals surface area contributed by atoms with Gasteiger partial charge in [-0.1, -0.05) is 6.07 Å². The Morgan fingerprint density at radius 2 is 1.66 bits per heavy atom. The molecule has 1 aromatic carbocycles. The number of nitrogens with zero attached hydrogens (tertiary/aromatic N) is 3. The number of alkyl carbamates (subject to hydrolysis) is 1. The molecule has 0 aromatic heterocycles.